The van der Waals surface area contributed by atoms with E-state index in [1.54, 1.807) is 36.4 Å². The zero-order valence-electron chi connectivity index (χ0n) is 9.38. The number of ether oxygens (including phenoxy) is 1. The molecule has 86 valence electrons. The molecule has 0 amide bonds. The van der Waals surface area contributed by atoms with Crippen molar-refractivity contribution >= 4 is 6.29 Å². The summed E-state index contributed by atoms with van der Waals surface area (Å²) in [4.78, 5) is 10.9. The SMILES string of the molecule is COc1ccc(-c2ccccc2O)cc1C=O. The number of phenols is 1. The Kier molecular flexibility index (Phi) is 3.10. The lowest BCUT2D eigenvalue weighted by atomic mass is 10.0. The van der Waals surface area contributed by atoms with Gasteiger partial charge in [0.2, 0.25) is 0 Å². The molecule has 0 aliphatic heterocycles. The van der Waals surface area contributed by atoms with Crippen molar-refractivity contribution in [2.45, 2.75) is 0 Å². The van der Waals surface area contributed by atoms with Gasteiger partial charge in [0.1, 0.15) is 11.5 Å². The molecule has 17 heavy (non-hydrogen) atoms. The molecule has 3 heteroatoms. The van der Waals surface area contributed by atoms with Gasteiger partial charge in [-0.05, 0) is 23.8 Å². The van der Waals surface area contributed by atoms with Crippen molar-refractivity contribution in [1.29, 1.82) is 0 Å². The summed E-state index contributed by atoms with van der Waals surface area (Å²) in [6, 6.07) is 12.2. The van der Waals surface area contributed by atoms with Crippen molar-refractivity contribution in [1.82, 2.24) is 0 Å². The maximum Gasteiger partial charge on any atom is 0.153 e. The van der Waals surface area contributed by atoms with Gasteiger partial charge < -0.3 is 9.84 Å². The molecule has 2 aromatic carbocycles. The van der Waals surface area contributed by atoms with E-state index in [2.05, 4.69) is 0 Å². The minimum Gasteiger partial charge on any atom is -0.507 e. The molecular formula is C14H12O3. The van der Waals surface area contributed by atoms with Gasteiger partial charge in [0.05, 0.1) is 12.7 Å². The van der Waals surface area contributed by atoms with Crippen LogP contribution in [0.4, 0.5) is 0 Å². The maximum absolute atomic E-state index is 10.9. The number of phenolic OH excluding ortho intramolecular Hbond substituents is 1. The molecule has 2 aromatic rings. The van der Waals surface area contributed by atoms with E-state index in [4.69, 9.17) is 4.74 Å². The van der Waals surface area contributed by atoms with E-state index in [0.717, 1.165) is 11.8 Å². The quantitative estimate of drug-likeness (QED) is 0.821. The van der Waals surface area contributed by atoms with Crippen LogP contribution < -0.4 is 4.74 Å². The lowest BCUT2D eigenvalue weighted by Crippen LogP contribution is -1.91. The van der Waals surface area contributed by atoms with Gasteiger partial charge in [0, 0.05) is 5.56 Å². The second kappa shape index (κ2) is 4.70. The first kappa shape index (κ1) is 11.2. The van der Waals surface area contributed by atoms with Crippen LogP contribution >= 0.6 is 0 Å². The Bertz CT molecular complexity index is 547. The normalized spacial score (nSPS) is 9.94. The fourth-order valence-corrected chi connectivity index (χ4v) is 1.71. The Morgan fingerprint density at radius 2 is 1.94 bits per heavy atom. The zero-order chi connectivity index (χ0) is 12.3. The summed E-state index contributed by atoms with van der Waals surface area (Å²) in [6.45, 7) is 0. The molecule has 0 aliphatic rings. The zero-order valence-corrected chi connectivity index (χ0v) is 9.38. The second-order valence-corrected chi connectivity index (χ2v) is 3.59. The molecule has 0 spiro atoms. The lowest BCUT2D eigenvalue weighted by Gasteiger charge is -2.08. The van der Waals surface area contributed by atoms with Crippen LogP contribution in [0.3, 0.4) is 0 Å². The fourth-order valence-electron chi connectivity index (χ4n) is 1.71. The first-order valence-electron chi connectivity index (χ1n) is 5.18. The van der Waals surface area contributed by atoms with E-state index in [1.807, 2.05) is 6.07 Å². The number of benzene rings is 2. The van der Waals surface area contributed by atoms with E-state index in [9.17, 15) is 9.90 Å². The van der Waals surface area contributed by atoms with Gasteiger partial charge >= 0.3 is 0 Å². The van der Waals surface area contributed by atoms with Gasteiger partial charge in [-0.2, -0.15) is 0 Å². The van der Waals surface area contributed by atoms with Crippen LogP contribution in [0.25, 0.3) is 11.1 Å². The summed E-state index contributed by atoms with van der Waals surface area (Å²) in [6.07, 6.45) is 0.738. The highest BCUT2D eigenvalue weighted by Crippen LogP contribution is 2.31. The van der Waals surface area contributed by atoms with Crippen molar-refractivity contribution in [2.24, 2.45) is 0 Å². The number of aromatic hydroxyl groups is 1. The van der Waals surface area contributed by atoms with Crippen LogP contribution in [-0.2, 0) is 0 Å². The minimum atomic E-state index is 0.189. The average molecular weight is 228 g/mol. The van der Waals surface area contributed by atoms with Crippen molar-refractivity contribution in [2.75, 3.05) is 7.11 Å². The van der Waals surface area contributed by atoms with Crippen LogP contribution in [0.1, 0.15) is 10.4 Å². The van der Waals surface area contributed by atoms with Crippen molar-refractivity contribution in [3.05, 3.63) is 48.0 Å². The molecule has 1 N–H and O–H groups in total. The predicted molar refractivity (Wildman–Crippen MR) is 65.5 cm³/mol. The highest BCUT2D eigenvalue weighted by Gasteiger charge is 2.07. The second-order valence-electron chi connectivity index (χ2n) is 3.59. The Hall–Kier alpha value is -2.29. The van der Waals surface area contributed by atoms with E-state index < -0.39 is 0 Å². The number of para-hydroxylation sites is 1. The van der Waals surface area contributed by atoms with E-state index in [1.165, 1.54) is 7.11 Å². The topological polar surface area (TPSA) is 46.5 Å². The molecule has 0 saturated carbocycles. The van der Waals surface area contributed by atoms with Gasteiger partial charge in [-0.1, -0.05) is 24.3 Å². The summed E-state index contributed by atoms with van der Waals surface area (Å²) in [7, 11) is 1.52. The number of aldehydes is 1. The van der Waals surface area contributed by atoms with Crippen LogP contribution in [0, 0.1) is 0 Å². The largest absolute Gasteiger partial charge is 0.507 e. The Labute approximate surface area is 99.3 Å². The van der Waals surface area contributed by atoms with Gasteiger partial charge in [0.25, 0.3) is 0 Å². The Balaban J connectivity index is 2.54. The molecule has 0 aromatic heterocycles. The standard InChI is InChI=1S/C14H12O3/c1-17-14-7-6-10(8-11(14)9-15)12-4-2-3-5-13(12)16/h2-9,16H,1H3. The van der Waals surface area contributed by atoms with Gasteiger partial charge in [-0.25, -0.2) is 0 Å². The van der Waals surface area contributed by atoms with Gasteiger partial charge in [-0.3, -0.25) is 4.79 Å². The highest BCUT2D eigenvalue weighted by atomic mass is 16.5. The van der Waals surface area contributed by atoms with E-state index in [-0.39, 0.29) is 5.75 Å². The van der Waals surface area contributed by atoms with Crippen LogP contribution in [0.5, 0.6) is 11.5 Å². The van der Waals surface area contributed by atoms with Crippen molar-refractivity contribution in [3.8, 4) is 22.6 Å². The molecule has 0 bridgehead atoms. The van der Waals surface area contributed by atoms with Crippen LogP contribution in [0.2, 0.25) is 0 Å². The van der Waals surface area contributed by atoms with Crippen LogP contribution in [-0.4, -0.2) is 18.5 Å². The summed E-state index contributed by atoms with van der Waals surface area (Å²) in [5.74, 6) is 0.716. The molecule has 0 radical (unpaired) electrons. The number of hydrogen-bond acceptors (Lipinski definition) is 3. The third kappa shape index (κ3) is 2.13. The summed E-state index contributed by atoms with van der Waals surface area (Å²) in [5.41, 5.74) is 1.94. The summed E-state index contributed by atoms with van der Waals surface area (Å²) >= 11 is 0. The average Bonchev–Trinajstić information content (AvgIpc) is 2.38. The predicted octanol–water partition coefficient (Wildman–Crippen LogP) is 2.88. The number of carbonyl (C=O) groups excluding carboxylic acids is 1. The molecule has 0 fully saturated rings. The van der Waals surface area contributed by atoms with Gasteiger partial charge in [0.15, 0.2) is 6.29 Å². The number of rotatable bonds is 3. The first-order chi connectivity index (χ1) is 8.26. The fraction of sp³-hybridized carbons (Fsp3) is 0.0714. The number of methoxy groups -OCH3 is 1. The third-order valence-electron chi connectivity index (χ3n) is 2.57. The number of carbonyl (C=O) groups is 1. The highest BCUT2D eigenvalue weighted by molar-refractivity contribution is 5.84. The Morgan fingerprint density at radius 3 is 2.59 bits per heavy atom. The van der Waals surface area contributed by atoms with E-state index in [0.29, 0.717) is 16.9 Å². The molecule has 0 atom stereocenters. The number of hydrogen-bond donors (Lipinski definition) is 1. The molecule has 0 aliphatic carbocycles. The lowest BCUT2D eigenvalue weighted by molar-refractivity contribution is 0.112. The minimum absolute atomic E-state index is 0.189. The van der Waals surface area contributed by atoms with Crippen molar-refractivity contribution < 1.29 is 14.6 Å². The molecule has 2 rings (SSSR count). The Morgan fingerprint density at radius 1 is 1.18 bits per heavy atom. The maximum atomic E-state index is 10.9. The molecule has 0 heterocycles. The third-order valence-corrected chi connectivity index (χ3v) is 2.57. The van der Waals surface area contributed by atoms with E-state index >= 15 is 0 Å². The molecular weight excluding hydrogens is 216 g/mol. The van der Waals surface area contributed by atoms with Crippen LogP contribution in [0.15, 0.2) is 42.5 Å². The molecule has 0 unspecified atom stereocenters. The first-order valence-corrected chi connectivity index (χ1v) is 5.18. The smallest absolute Gasteiger partial charge is 0.153 e. The molecule has 3 nitrogen and oxygen atoms in total. The van der Waals surface area contributed by atoms with Gasteiger partial charge in [-0.15, -0.1) is 0 Å². The summed E-state index contributed by atoms with van der Waals surface area (Å²) in [5, 5.41) is 9.73. The summed E-state index contributed by atoms with van der Waals surface area (Å²) < 4.78 is 5.06. The monoisotopic (exact) mass is 228 g/mol. The van der Waals surface area contributed by atoms with Crippen molar-refractivity contribution in [3.63, 3.8) is 0 Å². The molecule has 0 saturated heterocycles.